The van der Waals surface area contributed by atoms with Gasteiger partial charge in [-0.05, 0) is 0 Å². The summed E-state index contributed by atoms with van der Waals surface area (Å²) in [6.07, 6.45) is 0. The lowest BCUT2D eigenvalue weighted by Gasteiger charge is -2.01. The zero-order valence-corrected chi connectivity index (χ0v) is 10.4. The van der Waals surface area contributed by atoms with Gasteiger partial charge in [-0.3, -0.25) is 0 Å². The van der Waals surface area contributed by atoms with Crippen LogP contribution >= 0.6 is 0 Å². The number of hydrogen-bond donors (Lipinski definition) is 8. The van der Waals surface area contributed by atoms with Crippen LogP contribution in [0.25, 0.3) is 0 Å². The van der Waals surface area contributed by atoms with Crippen molar-refractivity contribution >= 4 is 46.5 Å². The molecule has 12 nitrogen and oxygen atoms in total. The first-order valence-corrected chi connectivity index (χ1v) is 5.10. The van der Waals surface area contributed by atoms with Gasteiger partial charge in [-0.25, -0.2) is 0 Å². The predicted molar refractivity (Wildman–Crippen MR) is 79.4 cm³/mol. The molecule has 2 aromatic heterocycles. The number of rotatable bonds is 0. The van der Waals surface area contributed by atoms with E-state index in [0.29, 0.717) is 0 Å². The lowest BCUT2D eigenvalue weighted by Crippen LogP contribution is -2.07. The highest BCUT2D eigenvalue weighted by atomic mass is 15.1. The van der Waals surface area contributed by atoms with E-state index >= 15 is 0 Å². The van der Waals surface area contributed by atoms with Crippen LogP contribution in [0.2, 0.25) is 0 Å². The fourth-order valence-electron chi connectivity index (χ4n) is 1.05. The molecule has 0 radical (unpaired) electrons. The first kappa shape index (κ1) is 14.6. The van der Waals surface area contributed by atoms with Crippen LogP contribution in [-0.2, 0) is 0 Å². The van der Waals surface area contributed by atoms with E-state index in [4.69, 9.17) is 45.9 Å². The van der Waals surface area contributed by atoms with E-state index < -0.39 is 0 Å². The van der Waals surface area contributed by atoms with Crippen molar-refractivity contribution in [3.63, 3.8) is 0 Å². The minimum absolute atomic E-state index is 0.0317. The molecule has 16 N–H and O–H groups in total. The van der Waals surface area contributed by atoms with Crippen molar-refractivity contribution < 1.29 is 0 Å². The van der Waals surface area contributed by atoms with Crippen LogP contribution in [0.4, 0.5) is 46.5 Å². The first-order chi connectivity index (χ1) is 9.22. The molecule has 0 aliphatic heterocycles. The van der Waals surface area contributed by atoms with Crippen LogP contribution in [0.5, 0.6) is 0 Å². The van der Waals surface area contributed by atoms with Crippen molar-refractivity contribution in [1.82, 2.24) is 19.9 Å². The van der Waals surface area contributed by atoms with Crippen molar-refractivity contribution in [2.24, 2.45) is 0 Å². The average molecular weight is 280 g/mol. The Hall–Kier alpha value is -3.44. The maximum Gasteiger partial charge on any atom is 0.224 e. The predicted octanol–water partition coefficient (Wildman–Crippen LogP) is -2.39. The van der Waals surface area contributed by atoms with Crippen molar-refractivity contribution in [3.05, 3.63) is 0 Å². The molecule has 0 aromatic carbocycles. The molecule has 0 aliphatic carbocycles. The third-order valence-corrected chi connectivity index (χ3v) is 2.04. The van der Waals surface area contributed by atoms with Gasteiger partial charge in [-0.1, -0.05) is 0 Å². The summed E-state index contributed by atoms with van der Waals surface area (Å²) in [4.78, 5) is 14.3. The quantitative estimate of drug-likeness (QED) is 0.251. The molecule has 0 saturated heterocycles. The van der Waals surface area contributed by atoms with Gasteiger partial charge in [-0.2, -0.15) is 19.9 Å². The van der Waals surface area contributed by atoms with E-state index in [0.717, 1.165) is 0 Å². The molecule has 0 fully saturated rings. The summed E-state index contributed by atoms with van der Waals surface area (Å²) in [6, 6.07) is 0. The second-order valence-electron chi connectivity index (χ2n) is 3.53. The summed E-state index contributed by atoms with van der Waals surface area (Å²) >= 11 is 0. The van der Waals surface area contributed by atoms with Crippen LogP contribution in [0.3, 0.4) is 0 Å². The molecule has 108 valence electrons. The van der Waals surface area contributed by atoms with Gasteiger partial charge in [0.1, 0.15) is 11.4 Å². The lowest BCUT2D eigenvalue weighted by atomic mass is 10.4. The highest BCUT2D eigenvalue weighted by Gasteiger charge is 2.03. The summed E-state index contributed by atoms with van der Waals surface area (Å²) in [7, 11) is 0. The highest BCUT2D eigenvalue weighted by molar-refractivity contribution is 5.72. The van der Waals surface area contributed by atoms with E-state index in [1.165, 1.54) is 0 Å². The molecule has 0 bridgehead atoms. The number of anilines is 8. The van der Waals surface area contributed by atoms with Gasteiger partial charge in [0.15, 0.2) is 23.3 Å². The average Bonchev–Trinajstić information content (AvgIpc) is 2.33. The zero-order chi connectivity index (χ0) is 15.4. The lowest BCUT2D eigenvalue weighted by molar-refractivity contribution is 1.21. The van der Waals surface area contributed by atoms with Crippen molar-refractivity contribution in [3.8, 4) is 0 Å². The van der Waals surface area contributed by atoms with Gasteiger partial charge in [0.2, 0.25) is 11.9 Å². The molecule has 12 heteroatoms. The molecule has 2 aromatic rings. The number of nitrogens with zero attached hydrogens (tertiary/aromatic N) is 4. The third-order valence-electron chi connectivity index (χ3n) is 2.04. The normalized spacial score (nSPS) is 9.60. The third kappa shape index (κ3) is 3.28. The fraction of sp³-hybridized carbons (Fsp3) is 0. The maximum atomic E-state index is 5.32. The smallest absolute Gasteiger partial charge is 0.224 e. The molecule has 0 amide bonds. The van der Waals surface area contributed by atoms with Crippen LogP contribution in [0.15, 0.2) is 0 Å². The Balaban J connectivity index is 0.000000200. The zero-order valence-electron chi connectivity index (χ0n) is 10.4. The molecule has 0 unspecified atom stereocenters. The van der Waals surface area contributed by atoms with Crippen LogP contribution in [0.1, 0.15) is 0 Å². The molecule has 0 saturated carbocycles. The summed E-state index contributed by atoms with van der Waals surface area (Å²) < 4.78 is 0. The Kier molecular flexibility index (Phi) is 4.00. The molecular weight excluding hydrogens is 264 g/mol. The van der Waals surface area contributed by atoms with Gasteiger partial charge in [-0.15, -0.1) is 0 Å². The van der Waals surface area contributed by atoms with Gasteiger partial charge >= 0.3 is 0 Å². The minimum atomic E-state index is 0.0317. The molecule has 20 heavy (non-hydrogen) atoms. The topological polar surface area (TPSA) is 260 Å². The van der Waals surface area contributed by atoms with E-state index in [1.54, 1.807) is 0 Å². The molecule has 0 atom stereocenters. The molecular formula is C8H16N12. The molecule has 2 rings (SSSR count). The van der Waals surface area contributed by atoms with E-state index in [2.05, 4.69) is 19.9 Å². The second-order valence-corrected chi connectivity index (χ2v) is 3.53. The van der Waals surface area contributed by atoms with E-state index in [1.807, 2.05) is 0 Å². The highest BCUT2D eigenvalue weighted by Crippen LogP contribution is 2.18. The van der Waals surface area contributed by atoms with Crippen molar-refractivity contribution in [2.75, 3.05) is 45.9 Å². The Labute approximate surface area is 113 Å². The number of aromatic nitrogens is 4. The van der Waals surface area contributed by atoms with E-state index in [9.17, 15) is 0 Å². The second kappa shape index (κ2) is 5.47. The van der Waals surface area contributed by atoms with Gasteiger partial charge < -0.3 is 45.9 Å². The van der Waals surface area contributed by atoms with Gasteiger partial charge in [0.05, 0.1) is 0 Å². The Morgan fingerprint density at radius 3 is 0.800 bits per heavy atom. The maximum absolute atomic E-state index is 5.32. The number of nitrogens with two attached hydrogens (primary N) is 8. The standard InChI is InChI=1S/2C4H8N6/c2*5-1-2(6)9-4(8)10-3(1)7/h2*5H2,(H6,6,7,8,9,10). The van der Waals surface area contributed by atoms with Gasteiger partial charge in [0.25, 0.3) is 0 Å². The van der Waals surface area contributed by atoms with Crippen LogP contribution in [-0.4, -0.2) is 19.9 Å². The Morgan fingerprint density at radius 2 is 0.600 bits per heavy atom. The van der Waals surface area contributed by atoms with E-state index in [-0.39, 0.29) is 46.5 Å². The van der Waals surface area contributed by atoms with Crippen molar-refractivity contribution in [2.45, 2.75) is 0 Å². The fourth-order valence-corrected chi connectivity index (χ4v) is 1.05. The molecule has 0 aliphatic rings. The van der Waals surface area contributed by atoms with Crippen LogP contribution in [0, 0.1) is 0 Å². The summed E-state index contributed by atoms with van der Waals surface area (Å²) in [5.74, 6) is 0.526. The monoisotopic (exact) mass is 280 g/mol. The van der Waals surface area contributed by atoms with Crippen LogP contribution < -0.4 is 45.9 Å². The van der Waals surface area contributed by atoms with Crippen molar-refractivity contribution in [1.29, 1.82) is 0 Å². The first-order valence-electron chi connectivity index (χ1n) is 5.10. The Bertz CT molecular complexity index is 521. The molecule has 2 heterocycles. The van der Waals surface area contributed by atoms with Gasteiger partial charge in [0, 0.05) is 0 Å². The number of nitrogen functional groups attached to an aromatic ring is 8. The Morgan fingerprint density at radius 1 is 0.400 bits per heavy atom. The molecule has 0 spiro atoms. The minimum Gasteiger partial charge on any atom is -0.393 e. The summed E-state index contributed by atoms with van der Waals surface area (Å²) in [6.45, 7) is 0. The summed E-state index contributed by atoms with van der Waals surface area (Å²) in [5, 5.41) is 0. The SMILES string of the molecule is Nc1nc(N)c(N)c(N)n1.Nc1nc(N)c(N)c(N)n1. The largest absolute Gasteiger partial charge is 0.393 e. The number of hydrogen-bond acceptors (Lipinski definition) is 12. The summed E-state index contributed by atoms with van der Waals surface area (Å²) in [5.41, 5.74) is 42.5.